The van der Waals surface area contributed by atoms with Crippen LogP contribution in [-0.2, 0) is 25.7 Å². The number of hydrogen-bond acceptors (Lipinski definition) is 6. The van der Waals surface area contributed by atoms with Crippen LogP contribution in [0.5, 0.6) is 5.75 Å². The number of hydrogen-bond donors (Lipinski definition) is 1. The van der Waals surface area contributed by atoms with E-state index in [0.29, 0.717) is 5.75 Å². The highest BCUT2D eigenvalue weighted by Crippen LogP contribution is 2.35. The van der Waals surface area contributed by atoms with Gasteiger partial charge in [-0.1, -0.05) is 59.6 Å². The van der Waals surface area contributed by atoms with Gasteiger partial charge in [-0.2, -0.15) is 0 Å². The summed E-state index contributed by atoms with van der Waals surface area (Å²) in [5.41, 5.74) is 1.77. The highest BCUT2D eigenvalue weighted by Gasteiger charge is 2.55. The third-order valence-corrected chi connectivity index (χ3v) is 7.26. The fourth-order valence-corrected chi connectivity index (χ4v) is 5.09. The van der Waals surface area contributed by atoms with Crippen molar-refractivity contribution in [2.24, 2.45) is 11.8 Å². The molecule has 2 amide bonds. The highest BCUT2D eigenvalue weighted by atomic mass is 35.5. The Morgan fingerprint density at radius 1 is 1.00 bits per heavy atom. The zero-order chi connectivity index (χ0) is 29.0. The van der Waals surface area contributed by atoms with Gasteiger partial charge in [0.15, 0.2) is 17.8 Å². The van der Waals surface area contributed by atoms with Gasteiger partial charge in [0.25, 0.3) is 0 Å². The molecule has 40 heavy (non-hydrogen) atoms. The molecule has 1 fully saturated rings. The normalized spacial score (nSPS) is 17.6. The number of nitrogens with zero attached hydrogens (tertiary/aromatic N) is 1. The number of ketones is 2. The summed E-state index contributed by atoms with van der Waals surface area (Å²) in [5, 5.41) is 2.89. The molecular formula is C30H28Cl2N2O6. The third-order valence-electron chi connectivity index (χ3n) is 6.62. The number of aryl methyl sites for hydroxylation is 1. The van der Waals surface area contributed by atoms with E-state index in [9.17, 15) is 19.2 Å². The van der Waals surface area contributed by atoms with E-state index in [1.807, 2.05) is 25.1 Å². The third kappa shape index (κ3) is 6.04. The average Bonchev–Trinajstić information content (AvgIpc) is 3.15. The maximum Gasteiger partial charge on any atom is 0.237 e. The van der Waals surface area contributed by atoms with Crippen molar-refractivity contribution in [3.05, 3.63) is 93.5 Å². The smallest absolute Gasteiger partial charge is 0.237 e. The molecule has 0 radical (unpaired) electrons. The predicted octanol–water partition coefficient (Wildman–Crippen LogP) is 5.34. The van der Waals surface area contributed by atoms with Crippen LogP contribution in [-0.4, -0.2) is 48.2 Å². The average molecular weight is 583 g/mol. The van der Waals surface area contributed by atoms with Crippen molar-refractivity contribution in [1.29, 1.82) is 0 Å². The number of anilines is 1. The van der Waals surface area contributed by atoms with Crippen LogP contribution in [0.1, 0.15) is 28.4 Å². The molecule has 208 valence electrons. The second kappa shape index (κ2) is 12.6. The lowest BCUT2D eigenvalue weighted by Crippen LogP contribution is -2.42. The van der Waals surface area contributed by atoms with Gasteiger partial charge >= 0.3 is 0 Å². The van der Waals surface area contributed by atoms with Crippen LogP contribution in [0.3, 0.4) is 0 Å². The topological polar surface area (TPSA) is 102 Å². The predicted molar refractivity (Wildman–Crippen MR) is 152 cm³/mol. The molecule has 1 saturated heterocycles. The Bertz CT molecular complexity index is 1450. The van der Waals surface area contributed by atoms with E-state index in [-0.39, 0.29) is 34.4 Å². The minimum Gasteiger partial charge on any atom is -0.497 e. The number of likely N-dealkylation sites (tertiary alicyclic amines) is 1. The van der Waals surface area contributed by atoms with E-state index in [0.717, 1.165) is 11.1 Å². The van der Waals surface area contributed by atoms with Crippen molar-refractivity contribution in [2.45, 2.75) is 26.6 Å². The molecule has 0 aliphatic carbocycles. The quantitative estimate of drug-likeness (QED) is 0.256. The monoisotopic (exact) mass is 582 g/mol. The first-order chi connectivity index (χ1) is 19.2. The van der Waals surface area contributed by atoms with E-state index in [1.165, 1.54) is 30.2 Å². The maximum absolute atomic E-state index is 14.0. The standard InChI is InChI=1S/C30H28Cl2N2O6/c1-4-40-30-27(36)25(29(38)34(30)16-18-8-6-5-7-9-18)24(26(35)20-12-11-19(39-3)15-22(20)32)28(37)33-23-14-17(2)10-13-21(23)31/h5-15,24-25,30H,4,16H2,1-3H3,(H,33,37). The van der Waals surface area contributed by atoms with Crippen molar-refractivity contribution < 1.29 is 28.7 Å². The van der Waals surface area contributed by atoms with Crippen LogP contribution in [0.4, 0.5) is 5.69 Å². The molecule has 3 aromatic rings. The first-order valence-electron chi connectivity index (χ1n) is 12.6. The number of rotatable bonds is 10. The molecule has 10 heteroatoms. The first-order valence-corrected chi connectivity index (χ1v) is 13.4. The lowest BCUT2D eigenvalue weighted by Gasteiger charge is -2.23. The SMILES string of the molecule is CCOC1C(=O)C(C(C(=O)Nc2cc(C)ccc2Cl)C(=O)c2ccc(OC)cc2Cl)C(=O)N1Cc1ccccc1. The molecule has 1 aliphatic rings. The van der Waals surface area contributed by atoms with Crippen LogP contribution < -0.4 is 10.1 Å². The summed E-state index contributed by atoms with van der Waals surface area (Å²) in [7, 11) is 1.44. The van der Waals surface area contributed by atoms with E-state index < -0.39 is 41.4 Å². The van der Waals surface area contributed by atoms with Crippen LogP contribution in [0.15, 0.2) is 66.7 Å². The second-order valence-corrected chi connectivity index (χ2v) is 10.1. The Kier molecular flexibility index (Phi) is 9.25. The molecule has 4 rings (SSSR count). The molecule has 0 aromatic heterocycles. The van der Waals surface area contributed by atoms with Crippen molar-refractivity contribution in [2.75, 3.05) is 19.0 Å². The zero-order valence-corrected chi connectivity index (χ0v) is 23.7. The van der Waals surface area contributed by atoms with E-state index in [4.69, 9.17) is 32.7 Å². The number of nitrogens with one attached hydrogen (secondary N) is 1. The first kappa shape index (κ1) is 29.3. The fraction of sp³-hybridized carbons (Fsp3) is 0.267. The summed E-state index contributed by atoms with van der Waals surface area (Å²) in [4.78, 5) is 56.7. The van der Waals surface area contributed by atoms with Gasteiger partial charge in [-0.3, -0.25) is 19.2 Å². The minimum atomic E-state index is -1.74. The molecule has 3 aromatic carbocycles. The molecule has 8 nitrogen and oxygen atoms in total. The summed E-state index contributed by atoms with van der Waals surface area (Å²) in [6.07, 6.45) is -1.26. The number of Topliss-reactive ketones (excluding diaryl/α,β-unsaturated/α-hetero) is 2. The summed E-state index contributed by atoms with van der Waals surface area (Å²) in [6.45, 7) is 3.69. The number of carbonyl (C=O) groups excluding carboxylic acids is 4. The Labute approximate surface area is 242 Å². The summed E-state index contributed by atoms with van der Waals surface area (Å²) < 4.78 is 10.8. The Morgan fingerprint density at radius 3 is 2.38 bits per heavy atom. The van der Waals surface area contributed by atoms with Crippen LogP contribution in [0, 0.1) is 18.8 Å². The van der Waals surface area contributed by atoms with E-state index in [1.54, 1.807) is 37.3 Å². The maximum atomic E-state index is 14.0. The Balaban J connectivity index is 1.78. The summed E-state index contributed by atoms with van der Waals surface area (Å²) in [5.74, 6) is -6.03. The molecule has 1 aliphatic heterocycles. The minimum absolute atomic E-state index is 0.0103. The molecule has 3 unspecified atom stereocenters. The van der Waals surface area contributed by atoms with Gasteiger partial charge in [-0.05, 0) is 55.3 Å². The van der Waals surface area contributed by atoms with Crippen molar-refractivity contribution in [1.82, 2.24) is 4.90 Å². The summed E-state index contributed by atoms with van der Waals surface area (Å²) >= 11 is 12.7. The number of methoxy groups -OCH3 is 1. The molecule has 0 saturated carbocycles. The van der Waals surface area contributed by atoms with E-state index in [2.05, 4.69) is 5.32 Å². The second-order valence-electron chi connectivity index (χ2n) is 9.30. The zero-order valence-electron chi connectivity index (χ0n) is 22.1. The van der Waals surface area contributed by atoms with Crippen LogP contribution in [0.25, 0.3) is 0 Å². The number of amides is 2. The fourth-order valence-electron chi connectivity index (χ4n) is 4.66. The van der Waals surface area contributed by atoms with Crippen molar-refractivity contribution >= 4 is 52.3 Å². The van der Waals surface area contributed by atoms with Gasteiger partial charge in [-0.25, -0.2) is 0 Å². The number of ether oxygens (including phenoxy) is 2. The Morgan fingerprint density at radius 2 is 1.73 bits per heavy atom. The number of carbonyl (C=O) groups is 4. The number of benzene rings is 3. The van der Waals surface area contributed by atoms with Gasteiger partial charge in [0.05, 0.1) is 22.8 Å². The largest absolute Gasteiger partial charge is 0.497 e. The Hall–Kier alpha value is -3.72. The van der Waals surface area contributed by atoms with Crippen LogP contribution >= 0.6 is 23.2 Å². The molecule has 1 heterocycles. The van der Waals surface area contributed by atoms with Crippen molar-refractivity contribution in [3.63, 3.8) is 0 Å². The molecule has 0 bridgehead atoms. The highest BCUT2D eigenvalue weighted by molar-refractivity contribution is 6.36. The van der Waals surface area contributed by atoms with Crippen LogP contribution in [0.2, 0.25) is 10.0 Å². The summed E-state index contributed by atoms with van der Waals surface area (Å²) in [6, 6.07) is 18.4. The molecular weight excluding hydrogens is 555 g/mol. The number of halogens is 2. The lowest BCUT2D eigenvalue weighted by molar-refractivity contribution is -0.143. The molecule has 1 N–H and O–H groups in total. The van der Waals surface area contributed by atoms with Gasteiger partial charge < -0.3 is 19.7 Å². The van der Waals surface area contributed by atoms with Gasteiger partial charge in [-0.15, -0.1) is 0 Å². The lowest BCUT2D eigenvalue weighted by atomic mass is 9.82. The van der Waals surface area contributed by atoms with Crippen molar-refractivity contribution in [3.8, 4) is 5.75 Å². The van der Waals surface area contributed by atoms with Gasteiger partial charge in [0.2, 0.25) is 11.8 Å². The molecule has 0 spiro atoms. The van der Waals surface area contributed by atoms with E-state index >= 15 is 0 Å². The van der Waals surface area contributed by atoms with Gasteiger partial charge in [0.1, 0.15) is 17.6 Å². The van der Waals surface area contributed by atoms with Gasteiger partial charge in [0, 0.05) is 18.7 Å². The molecule has 3 atom stereocenters.